The fraction of sp³-hybridized carbons (Fsp3) is 0.370. The number of nitrogens with two attached hydrogens (primary N) is 1. The minimum atomic E-state index is -1.02. The molecule has 5 atom stereocenters. The molecule has 2 aliphatic carbocycles. The zero-order valence-electron chi connectivity index (χ0n) is 20.5. The molecule has 0 amide bonds. The number of aliphatic hydroxyl groups is 1. The summed E-state index contributed by atoms with van der Waals surface area (Å²) in [6.07, 6.45) is -1.89. The van der Waals surface area contributed by atoms with Crippen LogP contribution in [0.4, 0.5) is 0 Å². The maximum Gasteiger partial charge on any atom is 0.202 e. The van der Waals surface area contributed by atoms with E-state index in [0.29, 0.717) is 0 Å². The quantitative estimate of drug-likeness (QED) is 0.383. The Labute approximate surface area is 212 Å². The topological polar surface area (TPSA) is 166 Å². The number of ketones is 3. The summed E-state index contributed by atoms with van der Waals surface area (Å²) in [4.78, 5) is 39.4. The van der Waals surface area contributed by atoms with Gasteiger partial charge in [-0.15, -0.1) is 0 Å². The van der Waals surface area contributed by atoms with Gasteiger partial charge in [0, 0.05) is 35.6 Å². The van der Waals surface area contributed by atoms with Crippen molar-refractivity contribution < 1.29 is 43.9 Å². The van der Waals surface area contributed by atoms with Crippen molar-refractivity contribution in [3.63, 3.8) is 0 Å². The van der Waals surface area contributed by atoms with Crippen LogP contribution in [0.2, 0.25) is 0 Å². The summed E-state index contributed by atoms with van der Waals surface area (Å²) in [6, 6.07) is 3.89. The number of methoxy groups -OCH3 is 1. The highest BCUT2D eigenvalue weighted by atomic mass is 16.7. The molecule has 0 saturated carbocycles. The van der Waals surface area contributed by atoms with Gasteiger partial charge >= 0.3 is 0 Å². The van der Waals surface area contributed by atoms with Crippen molar-refractivity contribution in [1.29, 1.82) is 0 Å². The van der Waals surface area contributed by atoms with Gasteiger partial charge < -0.3 is 35.3 Å². The molecule has 1 saturated heterocycles. The van der Waals surface area contributed by atoms with E-state index in [0.717, 1.165) is 0 Å². The molecule has 5 rings (SSSR count). The third-order valence-electron chi connectivity index (χ3n) is 7.26. The molecule has 5 N–H and O–H groups in total. The molecule has 0 spiro atoms. The van der Waals surface area contributed by atoms with Gasteiger partial charge in [0.2, 0.25) is 5.78 Å². The Hall–Kier alpha value is -3.57. The van der Waals surface area contributed by atoms with Crippen molar-refractivity contribution in [2.24, 2.45) is 5.73 Å². The van der Waals surface area contributed by atoms with Gasteiger partial charge in [0.05, 0.1) is 42.1 Å². The van der Waals surface area contributed by atoms with Gasteiger partial charge in [0.15, 0.2) is 17.9 Å². The van der Waals surface area contributed by atoms with Crippen LogP contribution in [0.15, 0.2) is 23.8 Å². The van der Waals surface area contributed by atoms with Gasteiger partial charge in [0.25, 0.3) is 0 Å². The number of Topliss-reactive ketones (excluding diaryl/α,β-unsaturated/α-hetero) is 1. The Kier molecular flexibility index (Phi) is 6.15. The molecule has 2 aromatic carbocycles. The second-order valence-electron chi connectivity index (χ2n) is 9.53. The van der Waals surface area contributed by atoms with Crippen LogP contribution in [-0.4, -0.2) is 64.3 Å². The van der Waals surface area contributed by atoms with Gasteiger partial charge in [-0.2, -0.15) is 0 Å². The molecule has 1 heterocycles. The molecule has 1 fully saturated rings. The maximum atomic E-state index is 13.6. The number of aliphatic hydroxyl groups excluding tert-OH is 1. The first-order valence-corrected chi connectivity index (χ1v) is 11.9. The van der Waals surface area contributed by atoms with Gasteiger partial charge in [-0.3, -0.25) is 14.4 Å². The molecular weight excluding hydrogens is 482 g/mol. The van der Waals surface area contributed by atoms with Crippen molar-refractivity contribution in [2.45, 2.75) is 57.3 Å². The summed E-state index contributed by atoms with van der Waals surface area (Å²) >= 11 is 0. The summed E-state index contributed by atoms with van der Waals surface area (Å²) in [5.74, 6) is -2.56. The Morgan fingerprint density at radius 3 is 2.46 bits per heavy atom. The number of carbonyl (C=O) groups excluding carboxylic acids is 3. The first-order chi connectivity index (χ1) is 17.5. The fourth-order valence-corrected chi connectivity index (χ4v) is 5.31. The number of hydrogen-bond donors (Lipinski definition) is 4. The molecule has 0 unspecified atom stereocenters. The number of aromatic hydroxyl groups is 2. The molecule has 10 heteroatoms. The molecule has 37 heavy (non-hydrogen) atoms. The number of carbonyl (C=O) groups is 3. The summed E-state index contributed by atoms with van der Waals surface area (Å²) in [7, 11) is 1.36. The molecule has 1 aliphatic heterocycles. The Morgan fingerprint density at radius 1 is 1.11 bits per heavy atom. The minimum Gasteiger partial charge on any atom is -0.507 e. The van der Waals surface area contributed by atoms with Gasteiger partial charge in [-0.05, 0) is 31.6 Å². The minimum absolute atomic E-state index is 0.0124. The van der Waals surface area contributed by atoms with Gasteiger partial charge in [-0.25, -0.2) is 0 Å². The molecule has 0 aromatic heterocycles. The van der Waals surface area contributed by atoms with E-state index in [1.54, 1.807) is 13.0 Å². The maximum absolute atomic E-state index is 13.6. The van der Waals surface area contributed by atoms with Crippen molar-refractivity contribution in [2.75, 3.05) is 7.11 Å². The lowest BCUT2D eigenvalue weighted by Gasteiger charge is -2.38. The number of benzene rings is 2. The van der Waals surface area contributed by atoms with Crippen LogP contribution in [0.3, 0.4) is 0 Å². The third kappa shape index (κ3) is 3.84. The average Bonchev–Trinajstić information content (AvgIpc) is 2.86. The standard InChI is InChI=1S/C27H27NO9/c1-10(29)12-7-14-20(17(8-12)37-18-9-15(28)23(30)11(2)36-18)27(34)22-21(25(14)32)24(31)13-5-4-6-16(35-3)19(13)26(22)33/h4-7,11,15,17-18,23,30,32,34H,8-9,28H2,1-3H3/t11-,15-,17-,18-,23+/m0/s1. The van der Waals surface area contributed by atoms with Crippen molar-refractivity contribution in [3.05, 3.63) is 57.2 Å². The fourth-order valence-electron chi connectivity index (χ4n) is 5.31. The smallest absolute Gasteiger partial charge is 0.202 e. The van der Waals surface area contributed by atoms with E-state index in [1.165, 1.54) is 32.2 Å². The summed E-state index contributed by atoms with van der Waals surface area (Å²) in [5, 5.41) is 32.8. The highest BCUT2D eigenvalue weighted by molar-refractivity contribution is 6.31. The largest absolute Gasteiger partial charge is 0.507 e. The first-order valence-electron chi connectivity index (χ1n) is 11.9. The highest BCUT2D eigenvalue weighted by Crippen LogP contribution is 2.51. The molecule has 0 radical (unpaired) electrons. The number of ether oxygens (including phenoxy) is 3. The normalized spacial score (nSPS) is 26.6. The van der Waals surface area contributed by atoms with Gasteiger partial charge in [-0.1, -0.05) is 12.1 Å². The lowest BCUT2D eigenvalue weighted by Crippen LogP contribution is -2.51. The van der Waals surface area contributed by atoms with Crippen molar-refractivity contribution >= 4 is 23.4 Å². The number of hydrogen-bond acceptors (Lipinski definition) is 10. The van der Waals surface area contributed by atoms with Crippen LogP contribution in [0.5, 0.6) is 17.2 Å². The Morgan fingerprint density at radius 2 is 1.81 bits per heavy atom. The lowest BCUT2D eigenvalue weighted by atomic mass is 9.77. The Balaban J connectivity index is 1.68. The zero-order valence-corrected chi connectivity index (χ0v) is 20.5. The van der Waals surface area contributed by atoms with Crippen LogP contribution < -0.4 is 10.5 Å². The lowest BCUT2D eigenvalue weighted by molar-refractivity contribution is -0.240. The van der Waals surface area contributed by atoms with E-state index in [4.69, 9.17) is 19.9 Å². The van der Waals surface area contributed by atoms with Crippen LogP contribution >= 0.6 is 0 Å². The predicted molar refractivity (Wildman–Crippen MR) is 130 cm³/mol. The summed E-state index contributed by atoms with van der Waals surface area (Å²) in [5.41, 5.74) is 5.68. The van der Waals surface area contributed by atoms with Crippen LogP contribution in [0.25, 0.3) is 6.08 Å². The van der Waals surface area contributed by atoms with Gasteiger partial charge in [0.1, 0.15) is 17.2 Å². The van der Waals surface area contributed by atoms with E-state index < -0.39 is 53.7 Å². The first kappa shape index (κ1) is 25.1. The number of phenolic OH excluding ortho intramolecular Hbond substituents is 2. The monoisotopic (exact) mass is 509 g/mol. The zero-order chi connectivity index (χ0) is 26.8. The van der Waals surface area contributed by atoms with Crippen molar-refractivity contribution in [3.8, 4) is 17.2 Å². The van der Waals surface area contributed by atoms with Crippen LogP contribution in [0.1, 0.15) is 75.8 Å². The van der Waals surface area contributed by atoms with E-state index in [9.17, 15) is 29.7 Å². The SMILES string of the molecule is COc1cccc2c1C(=O)c1c(O)c3c(c(O)c1C2=O)C=C(C(C)=O)C[C@@H]3O[C@H]1C[C@H](N)[C@H](O)[C@H](C)O1. The summed E-state index contributed by atoms with van der Waals surface area (Å²) in [6.45, 7) is 3.00. The van der Waals surface area contributed by atoms with Crippen LogP contribution in [-0.2, 0) is 14.3 Å². The Bertz CT molecular complexity index is 1370. The molecule has 194 valence electrons. The molecule has 3 aliphatic rings. The number of fused-ring (bicyclic) bond motifs is 3. The van der Waals surface area contributed by atoms with Crippen LogP contribution in [0, 0.1) is 0 Å². The number of rotatable bonds is 4. The molecule has 10 nitrogen and oxygen atoms in total. The third-order valence-corrected chi connectivity index (χ3v) is 7.26. The van der Waals surface area contributed by atoms with E-state index >= 15 is 0 Å². The predicted octanol–water partition coefficient (Wildman–Crippen LogP) is 2.14. The van der Waals surface area contributed by atoms with E-state index in [2.05, 4.69) is 0 Å². The number of phenols is 2. The van der Waals surface area contributed by atoms with Crippen molar-refractivity contribution in [1.82, 2.24) is 0 Å². The second-order valence-corrected chi connectivity index (χ2v) is 9.53. The van der Waals surface area contributed by atoms with E-state index in [1.807, 2.05) is 0 Å². The molecular formula is C27H27NO9. The van der Waals surface area contributed by atoms with E-state index in [-0.39, 0.29) is 63.3 Å². The average molecular weight is 510 g/mol. The second kappa shape index (κ2) is 9.07. The summed E-state index contributed by atoms with van der Waals surface area (Å²) < 4.78 is 17.2. The molecule has 2 aromatic rings. The highest BCUT2D eigenvalue weighted by Gasteiger charge is 2.43. The molecule has 0 bridgehead atoms.